The molecule has 0 saturated heterocycles. The van der Waals surface area contributed by atoms with Crippen molar-refractivity contribution in [3.63, 3.8) is 0 Å². The van der Waals surface area contributed by atoms with E-state index in [2.05, 4.69) is 4.42 Å². The van der Waals surface area contributed by atoms with Gasteiger partial charge in [-0.3, -0.25) is 4.98 Å². The summed E-state index contributed by atoms with van der Waals surface area (Å²) in [6, 6.07) is 0. The van der Waals surface area contributed by atoms with Crippen molar-refractivity contribution in [2.75, 3.05) is 0 Å². The molecule has 9 heavy (non-hydrogen) atoms. The minimum absolute atomic E-state index is 0.0184. The number of hydrogen-bond donors (Lipinski definition) is 3. The lowest BCUT2D eigenvalue weighted by atomic mass is 10.5. The topological polar surface area (TPSA) is 92.2 Å². The van der Waals surface area contributed by atoms with Crippen LogP contribution in [0.3, 0.4) is 0 Å². The molecule has 0 atom stereocenters. The molecule has 1 aromatic rings. The Hall–Kier alpha value is -1.23. The van der Waals surface area contributed by atoms with Gasteiger partial charge in [-0.2, -0.15) is 0 Å². The van der Waals surface area contributed by atoms with Gasteiger partial charge in [0.15, 0.2) is 5.76 Å². The number of H-pyrrole nitrogens is 1. The number of aromatic nitrogens is 1. The molecule has 0 aromatic carbocycles. The maximum absolute atomic E-state index is 10.2. The molecule has 0 saturated carbocycles. The van der Waals surface area contributed by atoms with Crippen LogP contribution in [0, 0.1) is 0 Å². The second kappa shape index (κ2) is 1.94. The molecule has 0 radical (unpaired) electrons. The first-order valence-corrected chi connectivity index (χ1v) is 2.35. The van der Waals surface area contributed by atoms with Gasteiger partial charge in [0.1, 0.15) is 0 Å². The van der Waals surface area contributed by atoms with Gasteiger partial charge in [-0.25, -0.2) is 4.79 Å². The average molecular weight is 130 g/mol. The number of hydrogen-bond acceptors (Lipinski definition) is 4. The van der Waals surface area contributed by atoms with Crippen LogP contribution in [0.2, 0.25) is 0 Å². The molecule has 0 aliphatic carbocycles. The largest absolute Gasteiger partial charge is 0.492 e. The van der Waals surface area contributed by atoms with Crippen LogP contribution in [0.15, 0.2) is 9.21 Å². The van der Waals surface area contributed by atoms with Crippen LogP contribution in [0.4, 0.5) is 0 Å². The Labute approximate surface area is 50.1 Å². The summed E-state index contributed by atoms with van der Waals surface area (Å²) in [7, 11) is 0. The summed E-state index contributed by atoms with van der Waals surface area (Å²) < 4.78 is 4.38. The normalized spacial score (nSPS) is 9.89. The van der Waals surface area contributed by atoms with Crippen molar-refractivity contribution >= 4 is 0 Å². The van der Waals surface area contributed by atoms with Gasteiger partial charge in [0.05, 0.1) is 6.54 Å². The van der Waals surface area contributed by atoms with Gasteiger partial charge in [-0.15, -0.1) is 0 Å². The highest BCUT2D eigenvalue weighted by Gasteiger charge is 2.03. The molecule has 1 heterocycles. The zero-order valence-electron chi connectivity index (χ0n) is 4.55. The van der Waals surface area contributed by atoms with E-state index in [9.17, 15) is 4.79 Å². The molecule has 0 spiro atoms. The molecule has 50 valence electrons. The highest BCUT2D eigenvalue weighted by atomic mass is 16.4. The summed E-state index contributed by atoms with van der Waals surface area (Å²) >= 11 is 0. The molecular weight excluding hydrogens is 124 g/mol. The molecule has 1 aromatic heterocycles. The van der Waals surface area contributed by atoms with Crippen LogP contribution in [0.1, 0.15) is 5.76 Å². The number of nitrogens with two attached hydrogens (primary N) is 1. The Morgan fingerprint density at radius 3 is 2.67 bits per heavy atom. The van der Waals surface area contributed by atoms with Crippen LogP contribution in [0.25, 0.3) is 0 Å². The van der Waals surface area contributed by atoms with Gasteiger partial charge < -0.3 is 15.3 Å². The van der Waals surface area contributed by atoms with Crippen LogP contribution >= 0.6 is 0 Å². The second-order valence-corrected chi connectivity index (χ2v) is 1.49. The number of oxazole rings is 1. The molecule has 0 unspecified atom stereocenters. The molecule has 5 nitrogen and oxygen atoms in total. The lowest BCUT2D eigenvalue weighted by molar-refractivity contribution is 0.422. The molecule has 0 aliphatic heterocycles. The maximum Gasteiger partial charge on any atom is 0.419 e. The summed E-state index contributed by atoms with van der Waals surface area (Å²) in [4.78, 5) is 12.2. The number of aromatic hydroxyl groups is 1. The van der Waals surface area contributed by atoms with Crippen molar-refractivity contribution in [1.29, 1.82) is 0 Å². The van der Waals surface area contributed by atoms with Gasteiger partial charge in [0, 0.05) is 0 Å². The highest BCUT2D eigenvalue weighted by molar-refractivity contribution is 5.10. The SMILES string of the molecule is NCc1oc(=O)[nH]c1O. The second-order valence-electron chi connectivity index (χ2n) is 1.49. The van der Waals surface area contributed by atoms with Crippen LogP contribution in [-0.4, -0.2) is 10.1 Å². The van der Waals surface area contributed by atoms with E-state index in [1.807, 2.05) is 4.98 Å². The average Bonchev–Trinajstić information content (AvgIpc) is 2.10. The van der Waals surface area contributed by atoms with Gasteiger partial charge in [-0.1, -0.05) is 0 Å². The Bertz CT molecular complexity index is 249. The smallest absolute Gasteiger partial charge is 0.419 e. The summed E-state index contributed by atoms with van der Waals surface area (Å²) in [5.74, 6) is -0.893. The van der Waals surface area contributed by atoms with Gasteiger partial charge >= 0.3 is 5.76 Å². The van der Waals surface area contributed by atoms with Crippen molar-refractivity contribution in [1.82, 2.24) is 4.98 Å². The molecule has 4 N–H and O–H groups in total. The highest BCUT2D eigenvalue weighted by Crippen LogP contribution is 2.07. The Kier molecular flexibility index (Phi) is 1.27. The predicted molar refractivity (Wildman–Crippen MR) is 28.9 cm³/mol. The standard InChI is InChI=1S/C4H6N2O3/c5-1-2-3(7)6-4(8)9-2/h7H,1,5H2,(H,6,8). The van der Waals surface area contributed by atoms with E-state index in [1.165, 1.54) is 0 Å². The molecular formula is C4H6N2O3. The Balaban J connectivity index is 3.16. The van der Waals surface area contributed by atoms with Gasteiger partial charge in [-0.05, 0) is 0 Å². The monoisotopic (exact) mass is 130 g/mol. The van der Waals surface area contributed by atoms with Crippen molar-refractivity contribution in [2.45, 2.75) is 6.54 Å². The fourth-order valence-electron chi connectivity index (χ4n) is 0.490. The summed E-state index contributed by atoms with van der Waals surface area (Å²) in [5, 5.41) is 8.70. The Morgan fingerprint density at radius 1 is 1.78 bits per heavy atom. The van der Waals surface area contributed by atoms with Gasteiger partial charge in [0.25, 0.3) is 0 Å². The summed E-state index contributed by atoms with van der Waals surface area (Å²) in [6.07, 6.45) is 0. The number of aromatic amines is 1. The summed E-state index contributed by atoms with van der Waals surface area (Å²) in [6.45, 7) is 0.0184. The molecule has 1 rings (SSSR count). The fourth-order valence-corrected chi connectivity index (χ4v) is 0.490. The predicted octanol–water partition coefficient (Wildman–Crippen LogP) is -0.868. The van der Waals surface area contributed by atoms with E-state index in [0.29, 0.717) is 0 Å². The minimum Gasteiger partial charge on any atom is -0.492 e. The van der Waals surface area contributed by atoms with E-state index in [-0.39, 0.29) is 18.2 Å². The lowest BCUT2D eigenvalue weighted by Gasteiger charge is -1.84. The van der Waals surface area contributed by atoms with Crippen LogP contribution in [0.5, 0.6) is 5.88 Å². The van der Waals surface area contributed by atoms with E-state index >= 15 is 0 Å². The number of nitrogens with one attached hydrogen (secondary N) is 1. The summed E-state index contributed by atoms with van der Waals surface area (Å²) in [5.41, 5.74) is 5.05. The van der Waals surface area contributed by atoms with E-state index < -0.39 is 5.76 Å². The van der Waals surface area contributed by atoms with E-state index in [1.54, 1.807) is 0 Å². The third-order valence-electron chi connectivity index (χ3n) is 0.886. The maximum atomic E-state index is 10.2. The number of rotatable bonds is 1. The first-order chi connectivity index (χ1) is 4.24. The fraction of sp³-hybridized carbons (Fsp3) is 0.250. The van der Waals surface area contributed by atoms with Crippen molar-refractivity contribution in [3.05, 3.63) is 16.3 Å². The molecule has 0 fully saturated rings. The molecule has 0 bridgehead atoms. The van der Waals surface area contributed by atoms with Crippen molar-refractivity contribution in [2.24, 2.45) is 5.73 Å². The zero-order valence-corrected chi connectivity index (χ0v) is 4.55. The lowest BCUT2D eigenvalue weighted by Crippen LogP contribution is -1.95. The van der Waals surface area contributed by atoms with E-state index in [4.69, 9.17) is 10.8 Å². The molecule has 5 heteroatoms. The quantitative estimate of drug-likeness (QED) is 0.460. The first kappa shape index (κ1) is 5.90. The third kappa shape index (κ3) is 0.945. The van der Waals surface area contributed by atoms with Crippen LogP contribution < -0.4 is 11.5 Å². The van der Waals surface area contributed by atoms with Crippen LogP contribution in [-0.2, 0) is 6.54 Å². The first-order valence-electron chi connectivity index (χ1n) is 2.35. The molecule has 0 aliphatic rings. The van der Waals surface area contributed by atoms with Crippen molar-refractivity contribution in [3.8, 4) is 5.88 Å². The third-order valence-corrected chi connectivity index (χ3v) is 0.886. The minimum atomic E-state index is -0.687. The Morgan fingerprint density at radius 2 is 2.44 bits per heavy atom. The molecule has 0 amide bonds. The van der Waals surface area contributed by atoms with Gasteiger partial charge in [0.2, 0.25) is 5.88 Å². The zero-order chi connectivity index (χ0) is 6.85. The van der Waals surface area contributed by atoms with E-state index in [0.717, 1.165) is 0 Å². The van der Waals surface area contributed by atoms with Crippen molar-refractivity contribution < 1.29 is 9.52 Å².